The van der Waals surface area contributed by atoms with Crippen LogP contribution in [0.4, 0.5) is 5.13 Å². The van der Waals surface area contributed by atoms with Crippen LogP contribution in [0.15, 0.2) is 35.7 Å². The topological polar surface area (TPSA) is 84.4 Å². The lowest BCUT2D eigenvalue weighted by Crippen LogP contribution is -2.48. The number of carboxylic acids is 1. The largest absolute Gasteiger partial charge is 0.496 e. The van der Waals surface area contributed by atoms with Crippen LogP contribution in [0.25, 0.3) is 11.3 Å². The van der Waals surface area contributed by atoms with E-state index in [4.69, 9.17) is 19.2 Å². The molecule has 1 saturated heterocycles. The number of thiazole rings is 1. The minimum atomic E-state index is -0.792. The first-order valence-corrected chi connectivity index (χ1v) is 18.0. The number of benzene rings is 2. The van der Waals surface area contributed by atoms with E-state index in [1.54, 1.807) is 18.4 Å². The van der Waals surface area contributed by atoms with Crippen molar-refractivity contribution < 1.29 is 24.1 Å². The number of halogens is 1. The van der Waals surface area contributed by atoms with Gasteiger partial charge < -0.3 is 24.2 Å². The van der Waals surface area contributed by atoms with E-state index in [0.717, 1.165) is 58.5 Å². The quantitative estimate of drug-likeness (QED) is 0.149. The number of ether oxygens (including phenoxy) is 3. The number of nitrogens with zero attached hydrogens (tertiary/aromatic N) is 3. The summed E-state index contributed by atoms with van der Waals surface area (Å²) in [7, 11) is 1.76. The molecule has 44 heavy (non-hydrogen) atoms. The van der Waals surface area contributed by atoms with Gasteiger partial charge in [0.2, 0.25) is 0 Å². The van der Waals surface area contributed by atoms with Crippen molar-refractivity contribution in [1.29, 1.82) is 0 Å². The number of fused-ring (bicyclic) bond motifs is 1. The first kappa shape index (κ1) is 33.0. The molecule has 8 nitrogen and oxygen atoms in total. The zero-order valence-electron chi connectivity index (χ0n) is 26.2. The first-order chi connectivity index (χ1) is 21.3. The number of aliphatic carboxylic acids is 1. The maximum absolute atomic E-state index is 11.7. The first-order valence-electron chi connectivity index (χ1n) is 15.6. The molecule has 0 amide bonds. The third kappa shape index (κ3) is 7.51. The maximum atomic E-state index is 11.7. The van der Waals surface area contributed by atoms with Crippen LogP contribution in [0.2, 0.25) is 0 Å². The number of hydrogen-bond donors (Lipinski definition) is 1. The molecule has 0 bridgehead atoms. The standard InChI is InChI=1S/C34H44IN3O5S/c1-5-25(9-12-35)37-13-10-24-16-23(17-31(41-4)28(24)18-37)20-43-30-8-7-22(3)15-27(30)29-21-44-34(36-29)38-14-11-26(33(39)40)32(19-38)42-6-2/h7-8,15-17,21,25-26,32H,5-6,9-14,18-20H2,1-4H3,(H,39,40)/t25?,26-,32+/m1/s1. The Morgan fingerprint density at radius 2 is 2.05 bits per heavy atom. The minimum Gasteiger partial charge on any atom is -0.496 e. The molecule has 10 heteroatoms. The number of carbonyl (C=O) groups is 1. The van der Waals surface area contributed by atoms with E-state index in [-0.39, 0.29) is 6.10 Å². The molecule has 3 atom stereocenters. The van der Waals surface area contributed by atoms with Crippen LogP contribution in [0.5, 0.6) is 11.5 Å². The van der Waals surface area contributed by atoms with Gasteiger partial charge in [-0.05, 0) is 68.9 Å². The van der Waals surface area contributed by atoms with Gasteiger partial charge in [-0.2, -0.15) is 0 Å². The number of rotatable bonds is 13. The second-order valence-corrected chi connectivity index (χ2v) is 13.6. The van der Waals surface area contributed by atoms with Crippen molar-refractivity contribution in [2.45, 2.75) is 71.8 Å². The number of anilines is 1. The molecule has 3 heterocycles. The third-order valence-electron chi connectivity index (χ3n) is 8.87. The van der Waals surface area contributed by atoms with Crippen molar-refractivity contribution in [3.8, 4) is 22.8 Å². The van der Waals surface area contributed by atoms with Crippen molar-refractivity contribution in [2.75, 3.05) is 42.7 Å². The lowest BCUT2D eigenvalue weighted by atomic mass is 9.94. The monoisotopic (exact) mass is 733 g/mol. The Kier molecular flexibility index (Phi) is 11.4. The lowest BCUT2D eigenvalue weighted by Gasteiger charge is -2.36. The smallest absolute Gasteiger partial charge is 0.309 e. The summed E-state index contributed by atoms with van der Waals surface area (Å²) in [6.07, 6.45) is 3.59. The number of aryl methyl sites for hydroxylation is 1. The molecule has 1 N–H and O–H groups in total. The predicted molar refractivity (Wildman–Crippen MR) is 185 cm³/mol. The lowest BCUT2D eigenvalue weighted by molar-refractivity contribution is -0.148. The van der Waals surface area contributed by atoms with Gasteiger partial charge in [-0.25, -0.2) is 4.98 Å². The zero-order chi connectivity index (χ0) is 31.2. The fraction of sp³-hybridized carbons (Fsp3) is 0.529. The van der Waals surface area contributed by atoms with E-state index in [1.807, 2.05) is 13.0 Å². The molecular weight excluding hydrogens is 689 g/mol. The van der Waals surface area contributed by atoms with Crippen LogP contribution in [-0.2, 0) is 29.1 Å². The predicted octanol–water partition coefficient (Wildman–Crippen LogP) is 6.98. The molecule has 2 aromatic carbocycles. The van der Waals surface area contributed by atoms with Gasteiger partial charge in [0.05, 0.1) is 24.8 Å². The highest BCUT2D eigenvalue weighted by molar-refractivity contribution is 14.1. The van der Waals surface area contributed by atoms with E-state index in [0.29, 0.717) is 38.8 Å². The number of aromatic nitrogens is 1. The summed E-state index contributed by atoms with van der Waals surface area (Å²) in [6, 6.07) is 11.2. The van der Waals surface area contributed by atoms with E-state index >= 15 is 0 Å². The van der Waals surface area contributed by atoms with E-state index in [9.17, 15) is 9.90 Å². The van der Waals surface area contributed by atoms with Crippen LogP contribution < -0.4 is 14.4 Å². The average molecular weight is 734 g/mol. The highest BCUT2D eigenvalue weighted by Gasteiger charge is 2.35. The van der Waals surface area contributed by atoms with Crippen molar-refractivity contribution in [3.05, 3.63) is 58.0 Å². The van der Waals surface area contributed by atoms with Gasteiger partial charge in [-0.3, -0.25) is 9.69 Å². The van der Waals surface area contributed by atoms with Crippen molar-refractivity contribution in [3.63, 3.8) is 0 Å². The Morgan fingerprint density at radius 1 is 1.20 bits per heavy atom. The molecule has 1 fully saturated rings. The van der Waals surface area contributed by atoms with Crippen LogP contribution in [-0.4, -0.2) is 70.9 Å². The van der Waals surface area contributed by atoms with Crippen LogP contribution in [0.3, 0.4) is 0 Å². The second-order valence-electron chi connectivity index (χ2n) is 11.7. The molecular formula is C34H44IN3O5S. The van der Waals surface area contributed by atoms with Gasteiger partial charge in [-0.1, -0.05) is 47.2 Å². The second kappa shape index (κ2) is 15.2. The van der Waals surface area contributed by atoms with Gasteiger partial charge >= 0.3 is 5.97 Å². The summed E-state index contributed by atoms with van der Waals surface area (Å²) in [5.41, 5.74) is 6.71. The molecule has 5 rings (SSSR count). The van der Waals surface area contributed by atoms with Gasteiger partial charge in [0.15, 0.2) is 5.13 Å². The Hall–Kier alpha value is -2.41. The molecule has 0 aliphatic carbocycles. The summed E-state index contributed by atoms with van der Waals surface area (Å²) in [5.74, 6) is 0.453. The molecule has 1 unspecified atom stereocenters. The van der Waals surface area contributed by atoms with Crippen molar-refractivity contribution >= 4 is 45.0 Å². The summed E-state index contributed by atoms with van der Waals surface area (Å²) >= 11 is 4.06. The average Bonchev–Trinajstić information content (AvgIpc) is 3.53. The Bertz CT molecular complexity index is 1410. The minimum absolute atomic E-state index is 0.350. The fourth-order valence-corrected chi connectivity index (χ4v) is 8.06. The fourth-order valence-electron chi connectivity index (χ4n) is 6.48. The van der Waals surface area contributed by atoms with Gasteiger partial charge in [0.1, 0.15) is 18.1 Å². The molecule has 2 aliphatic rings. The van der Waals surface area contributed by atoms with Crippen LogP contribution in [0, 0.1) is 12.8 Å². The highest BCUT2D eigenvalue weighted by Crippen LogP contribution is 2.37. The number of hydrogen-bond acceptors (Lipinski definition) is 8. The van der Waals surface area contributed by atoms with Crippen LogP contribution in [0.1, 0.15) is 55.4 Å². The number of piperidine rings is 1. The van der Waals surface area contributed by atoms with Gasteiger partial charge in [-0.15, -0.1) is 11.3 Å². The number of methoxy groups -OCH3 is 1. The highest BCUT2D eigenvalue weighted by atomic mass is 127. The maximum Gasteiger partial charge on any atom is 0.309 e. The summed E-state index contributed by atoms with van der Waals surface area (Å²) < 4.78 is 19.4. The Balaban J connectivity index is 1.32. The molecule has 0 radical (unpaired) electrons. The zero-order valence-corrected chi connectivity index (χ0v) is 29.2. The number of alkyl halides is 1. The van der Waals surface area contributed by atoms with E-state index in [2.05, 4.69) is 75.9 Å². The van der Waals surface area contributed by atoms with Gasteiger partial charge in [0.25, 0.3) is 0 Å². The number of carboxylic acid groups (broad SMARTS) is 1. The van der Waals surface area contributed by atoms with Gasteiger partial charge in [0, 0.05) is 59.8 Å². The third-order valence-corrected chi connectivity index (χ3v) is 10.4. The Labute approximate surface area is 278 Å². The summed E-state index contributed by atoms with van der Waals surface area (Å²) in [6.45, 7) is 10.4. The van der Waals surface area contributed by atoms with E-state index < -0.39 is 11.9 Å². The molecule has 3 aromatic rings. The van der Waals surface area contributed by atoms with E-state index in [1.165, 1.54) is 28.4 Å². The SMILES string of the molecule is CCO[C@H]1CN(c2nc(-c3cc(C)ccc3OCc3cc4c(c(OC)c3)CN(C(CC)CCI)CC4)cs2)CC[C@H]1C(=O)O. The molecule has 0 spiro atoms. The normalized spacial score (nSPS) is 19.4. The van der Waals surface area contributed by atoms with Crippen molar-refractivity contribution in [2.24, 2.45) is 5.92 Å². The molecule has 2 aliphatic heterocycles. The van der Waals surface area contributed by atoms with Crippen molar-refractivity contribution in [1.82, 2.24) is 9.88 Å². The Morgan fingerprint density at radius 3 is 2.77 bits per heavy atom. The van der Waals surface area contributed by atoms with Crippen LogP contribution >= 0.6 is 33.9 Å². The summed E-state index contributed by atoms with van der Waals surface area (Å²) in [5, 5.41) is 12.6. The summed E-state index contributed by atoms with van der Waals surface area (Å²) in [4.78, 5) is 21.5. The molecule has 238 valence electrons. The molecule has 0 saturated carbocycles. The molecule has 1 aromatic heterocycles.